The second kappa shape index (κ2) is 6.55. The van der Waals surface area contributed by atoms with Gasteiger partial charge in [-0.25, -0.2) is 0 Å². The third-order valence-electron chi connectivity index (χ3n) is 3.71. The number of hydrogen-bond donors (Lipinski definition) is 2. The number of carbonyl (C=O) groups excluding carboxylic acids is 1. The molecule has 4 heteroatoms. The zero-order valence-corrected chi connectivity index (χ0v) is 12.6. The molecule has 0 aromatic heterocycles. The third kappa shape index (κ3) is 4.08. The Balaban J connectivity index is 2.98. The maximum absolute atomic E-state index is 12.4. The van der Waals surface area contributed by atoms with E-state index in [2.05, 4.69) is 5.32 Å². The molecule has 1 rings (SSSR count). The Morgan fingerprint density at radius 1 is 1.10 bits per heavy atom. The molecule has 0 fully saturated rings. The Labute approximate surface area is 120 Å². The molecule has 0 atom stereocenters. The van der Waals surface area contributed by atoms with Crippen molar-refractivity contribution in [2.24, 2.45) is 0 Å². The van der Waals surface area contributed by atoms with Gasteiger partial charge < -0.3 is 10.4 Å². The van der Waals surface area contributed by atoms with Gasteiger partial charge in [0.2, 0.25) is 0 Å². The van der Waals surface area contributed by atoms with Crippen LogP contribution in [0, 0.1) is 13.8 Å². The highest BCUT2D eigenvalue weighted by Crippen LogP contribution is 2.21. The molecule has 110 valence electrons. The van der Waals surface area contributed by atoms with Crippen LogP contribution in [0.15, 0.2) is 18.2 Å². The van der Waals surface area contributed by atoms with E-state index in [9.17, 15) is 9.59 Å². The molecule has 0 unspecified atom stereocenters. The van der Waals surface area contributed by atoms with Crippen molar-refractivity contribution in [1.29, 1.82) is 0 Å². The largest absolute Gasteiger partial charge is 0.481 e. The molecule has 20 heavy (non-hydrogen) atoms. The Morgan fingerprint density at radius 2 is 1.60 bits per heavy atom. The van der Waals surface area contributed by atoms with Crippen molar-refractivity contribution in [2.75, 3.05) is 0 Å². The standard InChI is InChI=1S/C16H23NO3/c1-5-16(6-2,10-14(18)19)17-15(20)13-8-11(3)7-12(4)9-13/h7-9H,5-6,10H2,1-4H3,(H,17,20)(H,18,19). The van der Waals surface area contributed by atoms with Gasteiger partial charge in [-0.05, 0) is 38.8 Å². The van der Waals surface area contributed by atoms with Crippen LogP contribution in [0.3, 0.4) is 0 Å². The molecule has 0 saturated heterocycles. The first-order valence-electron chi connectivity index (χ1n) is 6.94. The second-order valence-corrected chi connectivity index (χ2v) is 5.39. The normalized spacial score (nSPS) is 11.2. The topological polar surface area (TPSA) is 66.4 Å². The number of aryl methyl sites for hydroxylation is 2. The summed E-state index contributed by atoms with van der Waals surface area (Å²) in [5.41, 5.74) is 1.94. The predicted octanol–water partition coefficient (Wildman–Crippen LogP) is 3.07. The van der Waals surface area contributed by atoms with Gasteiger partial charge >= 0.3 is 5.97 Å². The van der Waals surface area contributed by atoms with Gasteiger partial charge in [-0.1, -0.05) is 31.0 Å². The second-order valence-electron chi connectivity index (χ2n) is 5.39. The van der Waals surface area contributed by atoms with E-state index in [1.54, 1.807) is 0 Å². The molecule has 4 nitrogen and oxygen atoms in total. The first-order chi connectivity index (χ1) is 9.31. The molecule has 0 saturated carbocycles. The monoisotopic (exact) mass is 277 g/mol. The van der Waals surface area contributed by atoms with Gasteiger partial charge in [0.15, 0.2) is 0 Å². The minimum atomic E-state index is -0.894. The number of amides is 1. The van der Waals surface area contributed by atoms with Crippen LogP contribution in [-0.4, -0.2) is 22.5 Å². The van der Waals surface area contributed by atoms with Gasteiger partial charge in [0.25, 0.3) is 5.91 Å². The predicted molar refractivity (Wildman–Crippen MR) is 78.9 cm³/mol. The molecule has 2 N–H and O–H groups in total. The van der Waals surface area contributed by atoms with Gasteiger partial charge in [-0.15, -0.1) is 0 Å². The summed E-state index contributed by atoms with van der Waals surface area (Å²) in [5, 5.41) is 11.9. The smallest absolute Gasteiger partial charge is 0.305 e. The van der Waals surface area contributed by atoms with E-state index in [4.69, 9.17) is 5.11 Å². The number of rotatable bonds is 6. The van der Waals surface area contributed by atoms with E-state index in [1.807, 2.05) is 45.9 Å². The zero-order chi connectivity index (χ0) is 15.3. The molecule has 0 aliphatic rings. The molecule has 0 aliphatic carbocycles. The lowest BCUT2D eigenvalue weighted by molar-refractivity contribution is -0.138. The van der Waals surface area contributed by atoms with Gasteiger partial charge in [-0.3, -0.25) is 9.59 Å². The van der Waals surface area contributed by atoms with Crippen LogP contribution in [-0.2, 0) is 4.79 Å². The minimum Gasteiger partial charge on any atom is -0.481 e. The highest BCUT2D eigenvalue weighted by atomic mass is 16.4. The fourth-order valence-electron chi connectivity index (χ4n) is 2.43. The van der Waals surface area contributed by atoms with Crippen molar-refractivity contribution in [3.05, 3.63) is 34.9 Å². The van der Waals surface area contributed by atoms with Crippen molar-refractivity contribution in [1.82, 2.24) is 5.32 Å². The summed E-state index contributed by atoms with van der Waals surface area (Å²) in [6.45, 7) is 7.67. The molecular weight excluding hydrogens is 254 g/mol. The Bertz CT molecular complexity index is 484. The van der Waals surface area contributed by atoms with Gasteiger partial charge in [0.1, 0.15) is 0 Å². The lowest BCUT2D eigenvalue weighted by Crippen LogP contribution is -2.49. The quantitative estimate of drug-likeness (QED) is 0.839. The molecule has 0 aliphatic heterocycles. The molecular formula is C16H23NO3. The van der Waals surface area contributed by atoms with Crippen molar-refractivity contribution in [3.63, 3.8) is 0 Å². The number of hydrogen-bond acceptors (Lipinski definition) is 2. The number of carboxylic acid groups (broad SMARTS) is 1. The van der Waals surface area contributed by atoms with Crippen molar-refractivity contribution in [3.8, 4) is 0 Å². The summed E-state index contributed by atoms with van der Waals surface area (Å²) in [6, 6.07) is 5.64. The average molecular weight is 277 g/mol. The maximum Gasteiger partial charge on any atom is 0.305 e. The summed E-state index contributed by atoms with van der Waals surface area (Å²) in [7, 11) is 0. The molecule has 0 spiro atoms. The van der Waals surface area contributed by atoms with Crippen LogP contribution in [0.2, 0.25) is 0 Å². The lowest BCUT2D eigenvalue weighted by Gasteiger charge is -2.31. The number of carbonyl (C=O) groups is 2. The van der Waals surface area contributed by atoms with Crippen molar-refractivity contribution < 1.29 is 14.7 Å². The highest BCUT2D eigenvalue weighted by molar-refractivity contribution is 5.95. The van der Waals surface area contributed by atoms with Gasteiger partial charge in [-0.2, -0.15) is 0 Å². The van der Waals surface area contributed by atoms with E-state index in [0.29, 0.717) is 18.4 Å². The van der Waals surface area contributed by atoms with Crippen molar-refractivity contribution >= 4 is 11.9 Å². The molecule has 1 aromatic rings. The van der Waals surface area contributed by atoms with E-state index in [-0.39, 0.29) is 12.3 Å². The van der Waals surface area contributed by atoms with Crippen LogP contribution in [0.4, 0.5) is 0 Å². The van der Waals surface area contributed by atoms with Crippen LogP contribution >= 0.6 is 0 Å². The fraction of sp³-hybridized carbons (Fsp3) is 0.500. The van der Waals surface area contributed by atoms with Crippen LogP contribution in [0.1, 0.15) is 54.6 Å². The molecule has 1 amide bonds. The SMILES string of the molecule is CCC(CC)(CC(=O)O)NC(=O)c1cc(C)cc(C)c1. The van der Waals surface area contributed by atoms with E-state index in [0.717, 1.165) is 11.1 Å². The molecule has 0 bridgehead atoms. The Morgan fingerprint density at radius 3 is 2.00 bits per heavy atom. The van der Waals surface area contributed by atoms with E-state index >= 15 is 0 Å². The van der Waals surface area contributed by atoms with Crippen LogP contribution in [0.5, 0.6) is 0 Å². The fourth-order valence-corrected chi connectivity index (χ4v) is 2.43. The first kappa shape index (κ1) is 16.2. The highest BCUT2D eigenvalue weighted by Gasteiger charge is 2.31. The van der Waals surface area contributed by atoms with Crippen LogP contribution in [0.25, 0.3) is 0 Å². The van der Waals surface area contributed by atoms with Crippen LogP contribution < -0.4 is 5.32 Å². The summed E-state index contributed by atoms with van der Waals surface area (Å²) in [6.07, 6.45) is 1.12. The van der Waals surface area contributed by atoms with Crippen molar-refractivity contribution in [2.45, 2.75) is 52.5 Å². The number of benzene rings is 1. The summed E-state index contributed by atoms with van der Waals surface area (Å²) in [5.74, 6) is -1.10. The van der Waals surface area contributed by atoms with E-state index < -0.39 is 11.5 Å². The maximum atomic E-state index is 12.4. The first-order valence-corrected chi connectivity index (χ1v) is 6.94. The number of aliphatic carboxylic acids is 1. The van der Waals surface area contributed by atoms with Gasteiger partial charge in [0.05, 0.1) is 12.0 Å². The third-order valence-corrected chi connectivity index (χ3v) is 3.71. The van der Waals surface area contributed by atoms with E-state index in [1.165, 1.54) is 0 Å². The minimum absolute atomic E-state index is 0.0590. The summed E-state index contributed by atoms with van der Waals surface area (Å²) < 4.78 is 0. The Kier molecular flexibility index (Phi) is 5.31. The summed E-state index contributed by atoms with van der Waals surface area (Å²) in [4.78, 5) is 23.4. The lowest BCUT2D eigenvalue weighted by atomic mass is 9.88. The zero-order valence-electron chi connectivity index (χ0n) is 12.6. The molecule has 0 radical (unpaired) electrons. The average Bonchev–Trinajstić information content (AvgIpc) is 2.36. The number of carboxylic acids is 1. The Hall–Kier alpha value is -1.84. The van der Waals surface area contributed by atoms with Gasteiger partial charge in [0, 0.05) is 5.56 Å². The molecule has 1 aromatic carbocycles. The molecule has 0 heterocycles. The number of nitrogens with one attached hydrogen (secondary N) is 1. The summed E-state index contributed by atoms with van der Waals surface area (Å²) >= 11 is 0.